The number of halogens is 1. The number of aryl methyl sites for hydroxylation is 1. The van der Waals surface area contributed by atoms with Crippen molar-refractivity contribution >= 4 is 57.1 Å². The second-order valence-electron chi connectivity index (χ2n) is 6.57. The number of benzene rings is 2. The quantitative estimate of drug-likeness (QED) is 0.310. The molecule has 34 heavy (non-hydrogen) atoms. The van der Waals surface area contributed by atoms with Crippen molar-refractivity contribution in [2.75, 3.05) is 24.9 Å². The Kier molecular flexibility index (Phi) is 8.81. The number of anilines is 2. The molecule has 2 aromatic rings. The van der Waals surface area contributed by atoms with Gasteiger partial charge in [-0.05, 0) is 42.8 Å². The van der Waals surface area contributed by atoms with Gasteiger partial charge >= 0.3 is 22.3 Å². The summed E-state index contributed by atoms with van der Waals surface area (Å²) < 4.78 is 40.5. The highest BCUT2D eigenvalue weighted by Crippen LogP contribution is 2.30. The van der Waals surface area contributed by atoms with Gasteiger partial charge in [0.1, 0.15) is 10.6 Å². The fraction of sp³-hybridized carbons (Fsp3) is 0.200. The molecule has 0 unspecified atom stereocenters. The molecule has 3 N–H and O–H groups in total. The van der Waals surface area contributed by atoms with Crippen LogP contribution in [-0.2, 0) is 24.4 Å². The van der Waals surface area contributed by atoms with Crippen molar-refractivity contribution in [2.45, 2.75) is 18.7 Å². The van der Waals surface area contributed by atoms with Crippen molar-refractivity contribution in [3.05, 3.63) is 47.0 Å². The summed E-state index contributed by atoms with van der Waals surface area (Å²) in [6, 6.07) is 8.12. The molecule has 0 aromatic heterocycles. The van der Waals surface area contributed by atoms with Crippen LogP contribution in [-0.4, -0.2) is 46.7 Å². The summed E-state index contributed by atoms with van der Waals surface area (Å²) in [5.74, 6) is -1.01. The molecule has 0 radical (unpaired) electrons. The number of amides is 3. The summed E-state index contributed by atoms with van der Waals surface area (Å²) in [4.78, 5) is 37.7. The number of ether oxygens (including phenoxy) is 2. The van der Waals surface area contributed by atoms with Crippen LogP contribution in [0.1, 0.15) is 12.5 Å². The van der Waals surface area contributed by atoms with Crippen molar-refractivity contribution in [1.82, 2.24) is 5.32 Å². The van der Waals surface area contributed by atoms with Crippen LogP contribution in [0.4, 0.5) is 21.0 Å². The zero-order valence-electron chi connectivity index (χ0n) is 18.5. The van der Waals surface area contributed by atoms with E-state index in [-0.39, 0.29) is 22.1 Å². The molecule has 12 nitrogen and oxygen atoms in total. The van der Waals surface area contributed by atoms with Crippen LogP contribution in [0, 0.1) is 6.92 Å². The SMILES string of the molecule is COC(=O)N=C(NC(=O)OC)Nc1ccc(NC(C)=O)cc1S(=O)(=O)Oc1cc(C)cc(Cl)c1. The number of carbonyl (C=O) groups excluding carboxylic acids is 3. The monoisotopic (exact) mass is 512 g/mol. The first-order valence-electron chi connectivity index (χ1n) is 9.35. The minimum absolute atomic E-state index is 0.0583. The van der Waals surface area contributed by atoms with E-state index >= 15 is 0 Å². The highest BCUT2D eigenvalue weighted by Gasteiger charge is 2.24. The highest BCUT2D eigenvalue weighted by molar-refractivity contribution is 7.87. The van der Waals surface area contributed by atoms with E-state index < -0.39 is 39.1 Å². The first-order valence-corrected chi connectivity index (χ1v) is 11.1. The maximum atomic E-state index is 13.2. The van der Waals surface area contributed by atoms with Crippen molar-refractivity contribution in [3.63, 3.8) is 0 Å². The van der Waals surface area contributed by atoms with E-state index in [2.05, 4.69) is 30.4 Å². The van der Waals surface area contributed by atoms with E-state index in [9.17, 15) is 22.8 Å². The predicted molar refractivity (Wildman–Crippen MR) is 124 cm³/mol. The Morgan fingerprint density at radius 3 is 2.29 bits per heavy atom. The Balaban J connectivity index is 2.57. The standard InChI is InChI=1S/C20H21ClN4O8S/c1-11-7-13(21)9-15(8-11)33-34(29,30)17-10-14(22-12(2)26)5-6-16(17)23-18(24-19(27)31-3)25-20(28)32-4/h5-10H,1-4H3,(H,22,26)(H2,23,24,25,27,28). The van der Waals surface area contributed by atoms with Gasteiger partial charge in [0.05, 0.1) is 19.9 Å². The second-order valence-corrected chi connectivity index (χ2v) is 8.52. The highest BCUT2D eigenvalue weighted by atomic mass is 35.5. The molecular formula is C20H21ClN4O8S. The topological polar surface area (TPSA) is 161 Å². The Hall–Kier alpha value is -3.84. The first kappa shape index (κ1) is 26.4. The third-order valence-corrected chi connectivity index (χ3v) is 5.34. The molecule has 0 atom stereocenters. The number of nitrogens with one attached hydrogen (secondary N) is 3. The molecule has 0 spiro atoms. The Morgan fingerprint density at radius 1 is 1.00 bits per heavy atom. The molecule has 2 rings (SSSR count). The van der Waals surface area contributed by atoms with Gasteiger partial charge in [-0.25, -0.2) is 9.59 Å². The smallest absolute Gasteiger partial charge is 0.436 e. The molecule has 0 aliphatic carbocycles. The van der Waals surface area contributed by atoms with Crippen molar-refractivity contribution in [1.29, 1.82) is 0 Å². The minimum Gasteiger partial charge on any atom is -0.453 e. The van der Waals surface area contributed by atoms with Gasteiger partial charge in [0, 0.05) is 23.7 Å². The van der Waals surface area contributed by atoms with Crippen LogP contribution in [0.25, 0.3) is 0 Å². The third kappa shape index (κ3) is 7.64. The molecule has 0 aliphatic heterocycles. The van der Waals surface area contributed by atoms with E-state index in [1.54, 1.807) is 13.0 Å². The zero-order chi connectivity index (χ0) is 25.5. The maximum absolute atomic E-state index is 13.2. The normalized spacial score (nSPS) is 11.3. The van der Waals surface area contributed by atoms with E-state index in [1.807, 2.05) is 0 Å². The molecule has 0 aliphatic rings. The minimum atomic E-state index is -4.54. The van der Waals surface area contributed by atoms with Gasteiger partial charge < -0.3 is 24.3 Å². The molecule has 0 bridgehead atoms. The Labute approximate surface area is 200 Å². The van der Waals surface area contributed by atoms with Crippen LogP contribution < -0.4 is 20.1 Å². The summed E-state index contributed by atoms with van der Waals surface area (Å²) in [7, 11) is -2.41. The fourth-order valence-corrected chi connectivity index (χ4v) is 3.91. The largest absolute Gasteiger partial charge is 0.453 e. The van der Waals surface area contributed by atoms with E-state index in [1.165, 1.54) is 31.2 Å². The molecule has 2 aromatic carbocycles. The summed E-state index contributed by atoms with van der Waals surface area (Å²) in [5.41, 5.74) is 0.625. The molecule has 0 saturated carbocycles. The van der Waals surface area contributed by atoms with Crippen molar-refractivity contribution in [3.8, 4) is 5.75 Å². The average Bonchev–Trinajstić information content (AvgIpc) is 2.72. The molecule has 0 heterocycles. The number of hydrogen-bond donors (Lipinski definition) is 3. The number of carbonyl (C=O) groups is 3. The number of hydrogen-bond acceptors (Lipinski definition) is 8. The lowest BCUT2D eigenvalue weighted by molar-refractivity contribution is -0.114. The van der Waals surface area contributed by atoms with Crippen LogP contribution in [0.3, 0.4) is 0 Å². The Bertz CT molecular complexity index is 1230. The average molecular weight is 513 g/mol. The lowest BCUT2D eigenvalue weighted by Gasteiger charge is -2.16. The van der Waals surface area contributed by atoms with Gasteiger partial charge in [-0.2, -0.15) is 8.42 Å². The maximum Gasteiger partial charge on any atom is 0.436 e. The van der Waals surface area contributed by atoms with Gasteiger partial charge in [-0.1, -0.05) is 11.6 Å². The number of methoxy groups -OCH3 is 2. The summed E-state index contributed by atoms with van der Waals surface area (Å²) in [6.07, 6.45) is -2.09. The third-order valence-electron chi connectivity index (χ3n) is 3.83. The van der Waals surface area contributed by atoms with E-state index in [0.29, 0.717) is 5.56 Å². The first-order chi connectivity index (χ1) is 15.9. The summed E-state index contributed by atoms with van der Waals surface area (Å²) in [6.45, 7) is 2.94. The van der Waals surface area contributed by atoms with E-state index in [0.717, 1.165) is 20.3 Å². The molecule has 0 fully saturated rings. The van der Waals surface area contributed by atoms with Crippen LogP contribution in [0.2, 0.25) is 5.02 Å². The van der Waals surface area contributed by atoms with Crippen molar-refractivity contribution < 1.29 is 36.5 Å². The van der Waals surface area contributed by atoms with Crippen LogP contribution in [0.5, 0.6) is 5.75 Å². The van der Waals surface area contributed by atoms with Crippen LogP contribution in [0.15, 0.2) is 46.3 Å². The molecule has 14 heteroatoms. The van der Waals surface area contributed by atoms with Crippen molar-refractivity contribution in [2.24, 2.45) is 4.99 Å². The molecule has 0 saturated heterocycles. The van der Waals surface area contributed by atoms with Gasteiger partial charge in [-0.15, -0.1) is 4.99 Å². The predicted octanol–water partition coefficient (Wildman–Crippen LogP) is 3.26. The van der Waals surface area contributed by atoms with Gasteiger partial charge in [0.25, 0.3) is 0 Å². The number of nitrogens with zero attached hydrogens (tertiary/aromatic N) is 1. The number of alkyl carbamates (subject to hydrolysis) is 1. The lowest BCUT2D eigenvalue weighted by atomic mass is 10.2. The van der Waals surface area contributed by atoms with Gasteiger partial charge in [0.2, 0.25) is 11.9 Å². The molecule has 3 amide bonds. The van der Waals surface area contributed by atoms with E-state index in [4.69, 9.17) is 15.8 Å². The number of aliphatic imine (C=N–C) groups is 1. The summed E-state index contributed by atoms with van der Waals surface area (Å²) in [5, 5.41) is 7.35. The lowest BCUT2D eigenvalue weighted by Crippen LogP contribution is -2.37. The summed E-state index contributed by atoms with van der Waals surface area (Å²) >= 11 is 5.99. The van der Waals surface area contributed by atoms with Gasteiger partial charge in [-0.3, -0.25) is 10.1 Å². The van der Waals surface area contributed by atoms with Gasteiger partial charge in [0.15, 0.2) is 0 Å². The fourth-order valence-electron chi connectivity index (χ4n) is 2.54. The number of guanidine groups is 1. The molecular weight excluding hydrogens is 492 g/mol. The Morgan fingerprint density at radius 2 is 1.71 bits per heavy atom. The van der Waals surface area contributed by atoms with Crippen LogP contribution >= 0.6 is 11.6 Å². The molecule has 182 valence electrons. The number of rotatable bonds is 5. The second kappa shape index (κ2) is 11.3. The zero-order valence-corrected chi connectivity index (χ0v) is 20.0.